The second-order valence-corrected chi connectivity index (χ2v) is 6.66. The molecule has 2 aromatic carbocycles. The molecule has 0 fully saturated rings. The number of rotatable bonds is 9. The molecule has 0 aliphatic heterocycles. The van der Waals surface area contributed by atoms with Gasteiger partial charge in [0.25, 0.3) is 0 Å². The van der Waals surface area contributed by atoms with Crippen LogP contribution >= 0.6 is 0 Å². The number of hydrogen-bond donors (Lipinski definition) is 0. The average Bonchev–Trinajstić information content (AvgIpc) is 2.73. The van der Waals surface area contributed by atoms with Crippen LogP contribution < -0.4 is 0 Å². The van der Waals surface area contributed by atoms with Crippen molar-refractivity contribution in [2.45, 2.75) is 33.1 Å². The Hall–Kier alpha value is -2.86. The van der Waals surface area contributed by atoms with Crippen LogP contribution in [0.15, 0.2) is 66.7 Å². The summed E-state index contributed by atoms with van der Waals surface area (Å²) in [5, 5.41) is 9.15. The van der Waals surface area contributed by atoms with Gasteiger partial charge in [-0.1, -0.05) is 80.9 Å². The third kappa shape index (κ3) is 6.42. The van der Waals surface area contributed by atoms with E-state index in [1.54, 1.807) is 6.08 Å². The lowest BCUT2D eigenvalue weighted by atomic mass is 9.92. The summed E-state index contributed by atoms with van der Waals surface area (Å²) in [6, 6.07) is 22.0. The van der Waals surface area contributed by atoms with Gasteiger partial charge in [-0.15, -0.1) is 0 Å². The van der Waals surface area contributed by atoms with Crippen molar-refractivity contribution >= 4 is 11.5 Å². The van der Waals surface area contributed by atoms with Crippen molar-refractivity contribution in [2.75, 3.05) is 6.61 Å². The number of benzene rings is 2. The van der Waals surface area contributed by atoms with Crippen LogP contribution in [0.25, 0.3) is 5.57 Å². The largest absolute Gasteiger partial charge is 0.462 e. The van der Waals surface area contributed by atoms with Crippen LogP contribution in [0.3, 0.4) is 0 Å². The van der Waals surface area contributed by atoms with Gasteiger partial charge in [0.2, 0.25) is 0 Å². The average molecular weight is 361 g/mol. The smallest absolute Gasteiger partial charge is 0.331 e. The topological polar surface area (TPSA) is 50.1 Å². The van der Waals surface area contributed by atoms with Gasteiger partial charge < -0.3 is 4.74 Å². The minimum atomic E-state index is -0.346. The Morgan fingerprint density at radius 3 is 2.00 bits per heavy atom. The van der Waals surface area contributed by atoms with Crippen molar-refractivity contribution < 1.29 is 9.53 Å². The number of esters is 1. The molecule has 2 rings (SSSR count). The van der Waals surface area contributed by atoms with E-state index in [4.69, 9.17) is 10.00 Å². The highest BCUT2D eigenvalue weighted by Crippen LogP contribution is 2.24. The van der Waals surface area contributed by atoms with Crippen LogP contribution in [-0.2, 0) is 9.53 Å². The summed E-state index contributed by atoms with van der Waals surface area (Å²) in [5.74, 6) is -0.113. The molecule has 0 heterocycles. The Morgan fingerprint density at radius 1 is 1.00 bits per heavy atom. The molecule has 2 atom stereocenters. The highest BCUT2D eigenvalue weighted by Gasteiger charge is 2.16. The summed E-state index contributed by atoms with van der Waals surface area (Å²) >= 11 is 0. The number of nitrogens with zero attached hydrogens (tertiary/aromatic N) is 1. The van der Waals surface area contributed by atoms with E-state index < -0.39 is 0 Å². The van der Waals surface area contributed by atoms with Crippen LogP contribution in [0.1, 0.15) is 44.2 Å². The molecule has 2 unspecified atom stereocenters. The fourth-order valence-corrected chi connectivity index (χ4v) is 2.99. The van der Waals surface area contributed by atoms with Gasteiger partial charge in [-0.05, 0) is 35.5 Å². The number of carbonyl (C=O) groups is 1. The molecule has 0 aromatic heterocycles. The van der Waals surface area contributed by atoms with Gasteiger partial charge in [0.15, 0.2) is 0 Å². The van der Waals surface area contributed by atoms with E-state index in [1.807, 2.05) is 67.6 Å². The van der Waals surface area contributed by atoms with E-state index in [1.165, 1.54) is 0 Å². The van der Waals surface area contributed by atoms with Gasteiger partial charge in [-0.25, -0.2) is 4.79 Å². The first-order valence-corrected chi connectivity index (χ1v) is 9.56. The molecule has 0 N–H and O–H groups in total. The molecular formula is C24H27NO2. The van der Waals surface area contributed by atoms with E-state index in [0.29, 0.717) is 6.61 Å². The second-order valence-electron chi connectivity index (χ2n) is 6.66. The number of nitriles is 1. The van der Waals surface area contributed by atoms with Gasteiger partial charge in [-0.3, -0.25) is 0 Å². The Balaban J connectivity index is 2.12. The predicted octanol–water partition coefficient (Wildman–Crippen LogP) is 5.63. The molecule has 0 saturated heterocycles. The quantitative estimate of drug-likeness (QED) is 0.430. The van der Waals surface area contributed by atoms with Crippen LogP contribution in [0, 0.1) is 23.2 Å². The molecule has 0 saturated carbocycles. The zero-order valence-corrected chi connectivity index (χ0v) is 16.1. The van der Waals surface area contributed by atoms with Gasteiger partial charge in [0.1, 0.15) is 0 Å². The molecule has 0 radical (unpaired) electrons. The summed E-state index contributed by atoms with van der Waals surface area (Å²) in [7, 11) is 0. The second kappa shape index (κ2) is 11.0. The maximum Gasteiger partial charge on any atom is 0.331 e. The van der Waals surface area contributed by atoms with E-state index in [-0.39, 0.29) is 17.8 Å². The molecule has 0 amide bonds. The highest BCUT2D eigenvalue weighted by molar-refractivity contribution is 5.96. The number of carbonyl (C=O) groups excluding carboxylic acids is 1. The zero-order valence-electron chi connectivity index (χ0n) is 16.1. The van der Waals surface area contributed by atoms with Crippen LogP contribution in [0.4, 0.5) is 0 Å². The van der Waals surface area contributed by atoms with Crippen molar-refractivity contribution in [3.05, 3.63) is 77.9 Å². The highest BCUT2D eigenvalue weighted by atomic mass is 16.5. The van der Waals surface area contributed by atoms with Crippen molar-refractivity contribution in [1.29, 1.82) is 5.26 Å². The SMILES string of the molecule is CCC(C#N)CC(CC)COC(=O)C=C(c1ccccc1)c1ccccc1. The van der Waals surface area contributed by atoms with Gasteiger partial charge in [0, 0.05) is 12.0 Å². The maximum atomic E-state index is 12.5. The standard InChI is InChI=1S/C24H27NO2/c1-3-19(17-25)15-20(4-2)18-27-24(26)16-23(21-11-7-5-8-12-21)22-13-9-6-10-14-22/h5-14,16,19-20H,3-4,15,18H2,1-2H3. The summed E-state index contributed by atoms with van der Waals surface area (Å²) in [6.07, 6.45) is 4.05. The van der Waals surface area contributed by atoms with Gasteiger partial charge in [0.05, 0.1) is 12.7 Å². The van der Waals surface area contributed by atoms with E-state index in [9.17, 15) is 4.79 Å². The molecule has 0 aliphatic rings. The summed E-state index contributed by atoms with van der Waals surface area (Å²) < 4.78 is 5.53. The van der Waals surface area contributed by atoms with Crippen LogP contribution in [0.2, 0.25) is 0 Å². The fraction of sp³-hybridized carbons (Fsp3) is 0.333. The van der Waals surface area contributed by atoms with Crippen LogP contribution in [-0.4, -0.2) is 12.6 Å². The normalized spacial score (nSPS) is 12.5. The molecule has 0 spiro atoms. The van der Waals surface area contributed by atoms with Crippen molar-refractivity contribution in [1.82, 2.24) is 0 Å². The minimum Gasteiger partial charge on any atom is -0.462 e. The third-order valence-electron chi connectivity index (χ3n) is 4.76. The van der Waals surface area contributed by atoms with Gasteiger partial charge >= 0.3 is 5.97 Å². The molecule has 140 valence electrons. The first-order chi connectivity index (χ1) is 13.2. The third-order valence-corrected chi connectivity index (χ3v) is 4.76. The lowest BCUT2D eigenvalue weighted by Gasteiger charge is -2.17. The Labute approximate surface area is 162 Å². The Kier molecular flexibility index (Phi) is 8.32. The fourth-order valence-electron chi connectivity index (χ4n) is 2.99. The van der Waals surface area contributed by atoms with E-state index in [0.717, 1.165) is 36.0 Å². The molecule has 3 heteroatoms. The van der Waals surface area contributed by atoms with Crippen molar-refractivity contribution in [2.24, 2.45) is 11.8 Å². The number of ether oxygens (including phenoxy) is 1. The minimum absolute atomic E-state index is 0.0217. The summed E-state index contributed by atoms with van der Waals surface area (Å²) in [6.45, 7) is 4.43. The molecule has 27 heavy (non-hydrogen) atoms. The van der Waals surface area contributed by atoms with Gasteiger partial charge in [-0.2, -0.15) is 5.26 Å². The van der Waals surface area contributed by atoms with Crippen LogP contribution in [0.5, 0.6) is 0 Å². The summed E-state index contributed by atoms with van der Waals surface area (Å²) in [5.41, 5.74) is 2.80. The zero-order chi connectivity index (χ0) is 19.5. The maximum absolute atomic E-state index is 12.5. The summed E-state index contributed by atoms with van der Waals surface area (Å²) in [4.78, 5) is 12.5. The monoisotopic (exact) mass is 361 g/mol. The van der Waals surface area contributed by atoms with E-state index in [2.05, 4.69) is 13.0 Å². The lowest BCUT2D eigenvalue weighted by molar-refractivity contribution is -0.139. The number of hydrogen-bond acceptors (Lipinski definition) is 3. The molecule has 0 aliphatic carbocycles. The predicted molar refractivity (Wildman–Crippen MR) is 109 cm³/mol. The lowest BCUT2D eigenvalue weighted by Crippen LogP contribution is -2.15. The Morgan fingerprint density at radius 2 is 1.56 bits per heavy atom. The van der Waals surface area contributed by atoms with E-state index >= 15 is 0 Å². The molecule has 3 nitrogen and oxygen atoms in total. The van der Waals surface area contributed by atoms with Crippen molar-refractivity contribution in [3.63, 3.8) is 0 Å². The first kappa shape index (κ1) is 20.5. The first-order valence-electron chi connectivity index (χ1n) is 9.56. The molecule has 2 aromatic rings. The molecule has 0 bridgehead atoms. The Bertz CT molecular complexity index is 734. The van der Waals surface area contributed by atoms with Crippen molar-refractivity contribution in [3.8, 4) is 6.07 Å². The molecular weight excluding hydrogens is 334 g/mol.